The second-order valence-electron chi connectivity index (χ2n) is 11.0. The van der Waals surface area contributed by atoms with E-state index in [9.17, 15) is 0 Å². The zero-order chi connectivity index (χ0) is 25.6. The zero-order valence-electron chi connectivity index (χ0n) is 22.6. The van der Waals surface area contributed by atoms with Crippen LogP contribution in [0.4, 0.5) is 0 Å². The summed E-state index contributed by atoms with van der Waals surface area (Å²) >= 11 is 0. The van der Waals surface area contributed by atoms with Gasteiger partial charge in [-0.25, -0.2) is 0 Å². The first-order chi connectivity index (χ1) is 18.0. The molecule has 0 aromatic heterocycles. The number of rotatable bonds is 6. The average Bonchev–Trinajstić information content (AvgIpc) is 3.56. The summed E-state index contributed by atoms with van der Waals surface area (Å²) in [4.78, 5) is 0. The van der Waals surface area contributed by atoms with Gasteiger partial charge in [0, 0.05) is 5.41 Å². The highest BCUT2D eigenvalue weighted by Gasteiger charge is 2.39. The third-order valence-electron chi connectivity index (χ3n) is 8.95. The number of hydrogen-bond acceptors (Lipinski definition) is 0. The molecule has 0 nitrogen and oxygen atoms in total. The molecule has 0 fully saturated rings. The fraction of sp³-hybridized carbons (Fsp3) is 0.243. The Morgan fingerprint density at radius 2 is 0.946 bits per heavy atom. The van der Waals surface area contributed by atoms with Crippen molar-refractivity contribution in [1.82, 2.24) is 0 Å². The van der Waals surface area contributed by atoms with Gasteiger partial charge in [0.1, 0.15) is 0 Å². The van der Waals surface area contributed by atoms with Crippen LogP contribution in [0.3, 0.4) is 0 Å². The first-order valence-electron chi connectivity index (χ1n) is 13.8. The molecule has 0 N–H and O–H groups in total. The van der Waals surface area contributed by atoms with Gasteiger partial charge in [-0.2, -0.15) is 0 Å². The van der Waals surface area contributed by atoms with Gasteiger partial charge in [0.15, 0.2) is 0 Å². The number of hydrogen-bond donors (Lipinski definition) is 0. The van der Waals surface area contributed by atoms with Gasteiger partial charge < -0.3 is 0 Å². The quantitative estimate of drug-likeness (QED) is 0.257. The third-order valence-corrected chi connectivity index (χ3v) is 8.95. The lowest BCUT2D eigenvalue weighted by Crippen LogP contribution is -2.25. The Balaban J connectivity index is 1.42. The van der Waals surface area contributed by atoms with Crippen LogP contribution in [-0.4, -0.2) is 0 Å². The molecule has 0 saturated heterocycles. The van der Waals surface area contributed by atoms with Crippen molar-refractivity contribution in [1.29, 1.82) is 0 Å². The number of benzene rings is 4. The lowest BCUT2D eigenvalue weighted by molar-refractivity contribution is 0.390. The first kappa shape index (κ1) is 23.7. The predicted molar refractivity (Wildman–Crippen MR) is 160 cm³/mol. The number of fused-ring (bicyclic) bond motifs is 2. The molecular weight excluding hydrogens is 444 g/mol. The lowest BCUT2D eigenvalue weighted by atomic mass is 9.68. The summed E-state index contributed by atoms with van der Waals surface area (Å²) in [7, 11) is 0. The first-order valence-corrected chi connectivity index (χ1v) is 13.8. The predicted octanol–water partition coefficient (Wildman–Crippen LogP) is 10.0. The molecule has 0 heteroatoms. The lowest BCUT2D eigenvalue weighted by Gasteiger charge is -2.35. The molecule has 37 heavy (non-hydrogen) atoms. The summed E-state index contributed by atoms with van der Waals surface area (Å²) in [5.41, 5.74) is 17.0. The molecule has 0 amide bonds. The van der Waals surface area contributed by atoms with Crippen LogP contribution in [0.25, 0.3) is 34.4 Å². The van der Waals surface area contributed by atoms with E-state index in [1.807, 2.05) is 0 Å². The Hall–Kier alpha value is -3.64. The monoisotopic (exact) mass is 480 g/mol. The second-order valence-corrected chi connectivity index (χ2v) is 11.0. The van der Waals surface area contributed by atoms with Gasteiger partial charge in [-0.3, -0.25) is 0 Å². The molecule has 4 aromatic carbocycles. The van der Waals surface area contributed by atoms with Crippen molar-refractivity contribution in [3.05, 3.63) is 129 Å². The molecule has 0 atom stereocenters. The molecule has 0 heterocycles. The molecule has 0 bridgehead atoms. The van der Waals surface area contributed by atoms with E-state index in [1.165, 1.54) is 55.6 Å². The van der Waals surface area contributed by atoms with Gasteiger partial charge in [-0.15, -0.1) is 0 Å². The maximum atomic E-state index is 2.54. The largest absolute Gasteiger partial charge is 0.0642 e. The van der Waals surface area contributed by atoms with Gasteiger partial charge in [0.05, 0.1) is 0 Å². The number of allylic oxidation sites excluding steroid dienone is 2. The molecular formula is C37H36. The Bertz CT molecular complexity index is 1410. The second kappa shape index (κ2) is 9.34. The summed E-state index contributed by atoms with van der Waals surface area (Å²) in [6.45, 7) is 9.09. The minimum Gasteiger partial charge on any atom is -0.0642 e. The van der Waals surface area contributed by atoms with Crippen LogP contribution in [0, 0.1) is 19.3 Å². The van der Waals surface area contributed by atoms with Crippen LogP contribution >= 0.6 is 0 Å². The standard InChI is InChI=1S/C37H36/c1-5-37(6-2,31-21-29-9-7-11-33(35(29)23-31)27-17-13-25(3)14-18-27)32-22-30-10-8-12-34(36(30)24-32)28-19-15-26(4)16-20-28/h7-20,23-24H,5-6,21-22H2,1-4H3. The van der Waals surface area contributed by atoms with Crippen molar-refractivity contribution < 1.29 is 0 Å². The van der Waals surface area contributed by atoms with E-state index in [2.05, 4.69) is 125 Å². The molecule has 0 spiro atoms. The van der Waals surface area contributed by atoms with Crippen molar-refractivity contribution >= 4 is 12.2 Å². The molecule has 2 aliphatic rings. The summed E-state index contributed by atoms with van der Waals surface area (Å²) in [6.07, 6.45) is 9.45. The average molecular weight is 481 g/mol. The summed E-state index contributed by atoms with van der Waals surface area (Å²) in [5.74, 6) is 0. The van der Waals surface area contributed by atoms with E-state index in [-0.39, 0.29) is 5.41 Å². The van der Waals surface area contributed by atoms with Crippen molar-refractivity contribution in [2.24, 2.45) is 5.41 Å². The topological polar surface area (TPSA) is 0 Å². The molecule has 0 saturated carbocycles. The van der Waals surface area contributed by atoms with Crippen molar-refractivity contribution in [2.75, 3.05) is 0 Å². The smallest absolute Gasteiger partial charge is 0.0129 e. The summed E-state index contributed by atoms with van der Waals surface area (Å²) in [5, 5.41) is 0. The molecule has 0 unspecified atom stereocenters. The Labute approximate surface area is 222 Å². The van der Waals surface area contributed by atoms with Gasteiger partial charge in [0.2, 0.25) is 0 Å². The van der Waals surface area contributed by atoms with Crippen LogP contribution in [0.5, 0.6) is 0 Å². The van der Waals surface area contributed by atoms with Crippen LogP contribution in [0.15, 0.2) is 96.1 Å². The molecule has 184 valence electrons. The van der Waals surface area contributed by atoms with E-state index in [4.69, 9.17) is 0 Å². The summed E-state index contributed by atoms with van der Waals surface area (Å²) < 4.78 is 0. The molecule has 0 radical (unpaired) electrons. The van der Waals surface area contributed by atoms with Gasteiger partial charge in [-0.1, -0.05) is 133 Å². The minimum absolute atomic E-state index is 0.0904. The van der Waals surface area contributed by atoms with Crippen LogP contribution in [0.2, 0.25) is 0 Å². The maximum absolute atomic E-state index is 2.54. The van der Waals surface area contributed by atoms with Crippen molar-refractivity contribution in [3.8, 4) is 22.3 Å². The molecule has 2 aliphatic carbocycles. The van der Waals surface area contributed by atoms with E-state index in [0.29, 0.717) is 0 Å². The van der Waals surface area contributed by atoms with E-state index in [0.717, 1.165) is 25.7 Å². The summed E-state index contributed by atoms with van der Waals surface area (Å²) in [6, 6.07) is 31.7. The zero-order valence-corrected chi connectivity index (χ0v) is 22.6. The Morgan fingerprint density at radius 1 is 0.541 bits per heavy atom. The van der Waals surface area contributed by atoms with E-state index < -0.39 is 0 Å². The SMILES string of the molecule is CCC(CC)(C1=Cc2c(cccc2-c2ccc(C)cc2)C1)C1=Cc2c(cccc2-c2ccc(C)cc2)C1. The minimum atomic E-state index is 0.0904. The number of aryl methyl sites for hydroxylation is 2. The maximum Gasteiger partial charge on any atom is 0.0129 e. The van der Waals surface area contributed by atoms with E-state index in [1.54, 1.807) is 11.1 Å². The van der Waals surface area contributed by atoms with Gasteiger partial charge in [0.25, 0.3) is 0 Å². The highest BCUT2D eigenvalue weighted by Crippen LogP contribution is 2.52. The Kier molecular flexibility index (Phi) is 6.00. The molecule has 0 aliphatic heterocycles. The fourth-order valence-electron chi connectivity index (χ4n) is 6.68. The Morgan fingerprint density at radius 3 is 1.32 bits per heavy atom. The van der Waals surface area contributed by atoms with Crippen LogP contribution in [0.1, 0.15) is 60.1 Å². The molecule has 4 aromatic rings. The third kappa shape index (κ3) is 4.00. The highest BCUT2D eigenvalue weighted by molar-refractivity contribution is 5.84. The highest BCUT2D eigenvalue weighted by atomic mass is 14.4. The van der Waals surface area contributed by atoms with Crippen LogP contribution in [-0.2, 0) is 12.8 Å². The molecule has 6 rings (SSSR count). The van der Waals surface area contributed by atoms with Crippen molar-refractivity contribution in [3.63, 3.8) is 0 Å². The fourth-order valence-corrected chi connectivity index (χ4v) is 6.68. The normalized spacial score (nSPS) is 14.3. The van der Waals surface area contributed by atoms with Gasteiger partial charge in [-0.05, 0) is 84.0 Å². The van der Waals surface area contributed by atoms with Crippen LogP contribution < -0.4 is 0 Å². The van der Waals surface area contributed by atoms with E-state index >= 15 is 0 Å². The van der Waals surface area contributed by atoms with Crippen molar-refractivity contribution in [2.45, 2.75) is 53.4 Å². The van der Waals surface area contributed by atoms with Gasteiger partial charge >= 0.3 is 0 Å².